The third-order valence-electron chi connectivity index (χ3n) is 4.64. The summed E-state index contributed by atoms with van der Waals surface area (Å²) in [5.41, 5.74) is 1.91. The molecule has 1 aromatic carbocycles. The number of nitrogens with one attached hydrogen (secondary N) is 2. The fourth-order valence-corrected chi connectivity index (χ4v) is 3.16. The second-order valence-electron chi connectivity index (χ2n) is 6.39. The van der Waals surface area contributed by atoms with Gasteiger partial charge < -0.3 is 10.6 Å². The van der Waals surface area contributed by atoms with Crippen LogP contribution in [0.25, 0.3) is 0 Å². The lowest BCUT2D eigenvalue weighted by Gasteiger charge is -2.22. The number of benzene rings is 1. The van der Waals surface area contributed by atoms with Crippen molar-refractivity contribution in [1.82, 2.24) is 10.2 Å². The van der Waals surface area contributed by atoms with Gasteiger partial charge in [-0.2, -0.15) is 0 Å². The first kappa shape index (κ1) is 18.5. The Morgan fingerprint density at radius 3 is 2.58 bits per heavy atom. The minimum Gasteiger partial charge on any atom is -0.346 e. The second kappa shape index (κ2) is 9.42. The number of anilines is 1. The van der Waals surface area contributed by atoms with E-state index >= 15 is 0 Å². The van der Waals surface area contributed by atoms with Crippen molar-refractivity contribution < 1.29 is 9.59 Å². The number of likely N-dealkylation sites (tertiary alicyclic amines) is 1. The molecule has 2 rings (SSSR count). The van der Waals surface area contributed by atoms with Gasteiger partial charge in [-0.25, -0.2) is 0 Å². The molecule has 0 aromatic heterocycles. The van der Waals surface area contributed by atoms with Gasteiger partial charge in [0.1, 0.15) is 0 Å². The number of carbonyl (C=O) groups is 2. The van der Waals surface area contributed by atoms with Crippen LogP contribution >= 0.6 is 0 Å². The van der Waals surface area contributed by atoms with Crippen LogP contribution in [0.5, 0.6) is 0 Å². The Bertz CT molecular complexity index is 542. The van der Waals surface area contributed by atoms with Crippen molar-refractivity contribution in [3.63, 3.8) is 0 Å². The van der Waals surface area contributed by atoms with E-state index in [2.05, 4.69) is 29.4 Å². The first-order valence-corrected chi connectivity index (χ1v) is 9.06. The van der Waals surface area contributed by atoms with E-state index in [1.165, 1.54) is 5.56 Å². The molecule has 0 radical (unpaired) electrons. The molecule has 2 amide bonds. The summed E-state index contributed by atoms with van der Waals surface area (Å²) in [6.07, 6.45) is 5.60. The molecule has 132 valence electrons. The van der Waals surface area contributed by atoms with Crippen molar-refractivity contribution in [1.29, 1.82) is 0 Å². The summed E-state index contributed by atoms with van der Waals surface area (Å²) in [5, 5.41) is 5.42. The summed E-state index contributed by atoms with van der Waals surface area (Å²) in [7, 11) is 0. The third kappa shape index (κ3) is 5.34. The van der Waals surface area contributed by atoms with Gasteiger partial charge in [-0.1, -0.05) is 32.4 Å². The van der Waals surface area contributed by atoms with Gasteiger partial charge in [0.05, 0.1) is 0 Å². The highest BCUT2D eigenvalue weighted by atomic mass is 16.2. The maximum Gasteiger partial charge on any atom is 0.313 e. The number of amides is 2. The van der Waals surface area contributed by atoms with Crippen LogP contribution in [0.4, 0.5) is 5.69 Å². The monoisotopic (exact) mass is 331 g/mol. The fourth-order valence-electron chi connectivity index (χ4n) is 3.16. The molecule has 0 saturated carbocycles. The van der Waals surface area contributed by atoms with Crippen LogP contribution in [0.3, 0.4) is 0 Å². The Kier molecular flexibility index (Phi) is 7.25. The Labute approximate surface area is 144 Å². The quantitative estimate of drug-likeness (QED) is 0.755. The molecule has 1 aliphatic rings. The molecule has 0 unspecified atom stereocenters. The molecule has 1 fully saturated rings. The summed E-state index contributed by atoms with van der Waals surface area (Å²) < 4.78 is 0. The summed E-state index contributed by atoms with van der Waals surface area (Å²) >= 11 is 0. The summed E-state index contributed by atoms with van der Waals surface area (Å²) in [6.45, 7) is 6.89. The number of nitrogens with zero attached hydrogens (tertiary/aromatic N) is 1. The Balaban J connectivity index is 1.77. The zero-order chi connectivity index (χ0) is 17.4. The van der Waals surface area contributed by atoms with Crippen LogP contribution in [-0.4, -0.2) is 42.4 Å². The van der Waals surface area contributed by atoms with Crippen LogP contribution in [0, 0.1) is 0 Å². The minimum atomic E-state index is -0.600. The van der Waals surface area contributed by atoms with Crippen molar-refractivity contribution in [2.24, 2.45) is 0 Å². The van der Waals surface area contributed by atoms with E-state index < -0.39 is 11.8 Å². The SMILES string of the molecule is CCCCc1ccc(NC(=O)C(=O)NC[C@H]2CCCN2CC)cc1. The lowest BCUT2D eigenvalue weighted by Crippen LogP contribution is -2.43. The van der Waals surface area contributed by atoms with E-state index in [0.717, 1.165) is 45.2 Å². The molecule has 0 bridgehead atoms. The van der Waals surface area contributed by atoms with E-state index in [0.29, 0.717) is 18.3 Å². The molecule has 0 aliphatic carbocycles. The van der Waals surface area contributed by atoms with Gasteiger partial charge in [0.25, 0.3) is 0 Å². The maximum atomic E-state index is 12.0. The van der Waals surface area contributed by atoms with Gasteiger partial charge in [0, 0.05) is 18.3 Å². The van der Waals surface area contributed by atoms with E-state index in [1.807, 2.05) is 24.3 Å². The van der Waals surface area contributed by atoms with Gasteiger partial charge in [0.15, 0.2) is 0 Å². The molecule has 1 atom stereocenters. The number of hydrogen-bond donors (Lipinski definition) is 2. The first-order valence-electron chi connectivity index (χ1n) is 9.06. The highest BCUT2D eigenvalue weighted by Gasteiger charge is 2.24. The average Bonchev–Trinajstić information content (AvgIpc) is 3.06. The minimum absolute atomic E-state index is 0.351. The van der Waals surface area contributed by atoms with Crippen molar-refractivity contribution in [3.05, 3.63) is 29.8 Å². The Hall–Kier alpha value is -1.88. The molecule has 24 heavy (non-hydrogen) atoms. The van der Waals surface area contributed by atoms with Crippen LogP contribution in [0.1, 0.15) is 45.1 Å². The number of unbranched alkanes of at least 4 members (excludes halogenated alkanes) is 1. The number of aryl methyl sites for hydroxylation is 1. The molecule has 1 saturated heterocycles. The molecule has 1 aromatic rings. The Morgan fingerprint density at radius 2 is 1.92 bits per heavy atom. The molecule has 0 spiro atoms. The van der Waals surface area contributed by atoms with Crippen LogP contribution < -0.4 is 10.6 Å². The summed E-state index contributed by atoms with van der Waals surface area (Å²) in [5.74, 6) is -1.16. The molecule has 5 heteroatoms. The molecular formula is C19H29N3O2. The summed E-state index contributed by atoms with van der Waals surface area (Å²) in [4.78, 5) is 26.3. The van der Waals surface area contributed by atoms with Crippen molar-refractivity contribution in [2.45, 2.75) is 52.0 Å². The smallest absolute Gasteiger partial charge is 0.313 e. The third-order valence-corrected chi connectivity index (χ3v) is 4.64. The van der Waals surface area contributed by atoms with Crippen molar-refractivity contribution >= 4 is 17.5 Å². The average molecular weight is 331 g/mol. The lowest BCUT2D eigenvalue weighted by atomic mass is 10.1. The topological polar surface area (TPSA) is 61.4 Å². The number of likely N-dealkylation sites (N-methyl/N-ethyl adjacent to an activating group) is 1. The normalized spacial score (nSPS) is 17.7. The number of carbonyl (C=O) groups excluding carboxylic acids is 2. The maximum absolute atomic E-state index is 12.0. The first-order chi connectivity index (χ1) is 11.6. The fraction of sp³-hybridized carbons (Fsp3) is 0.579. The van der Waals surface area contributed by atoms with Crippen LogP contribution in [0.15, 0.2) is 24.3 Å². The zero-order valence-electron chi connectivity index (χ0n) is 14.8. The number of hydrogen-bond acceptors (Lipinski definition) is 3. The highest BCUT2D eigenvalue weighted by Crippen LogP contribution is 2.15. The summed E-state index contributed by atoms with van der Waals surface area (Å²) in [6, 6.07) is 8.06. The van der Waals surface area contributed by atoms with Gasteiger partial charge in [-0.05, 0) is 56.5 Å². The van der Waals surface area contributed by atoms with E-state index in [1.54, 1.807) is 0 Å². The largest absolute Gasteiger partial charge is 0.346 e. The van der Waals surface area contributed by atoms with Crippen LogP contribution in [0.2, 0.25) is 0 Å². The Morgan fingerprint density at radius 1 is 1.17 bits per heavy atom. The van der Waals surface area contributed by atoms with Gasteiger partial charge in [-0.15, -0.1) is 0 Å². The molecule has 5 nitrogen and oxygen atoms in total. The van der Waals surface area contributed by atoms with E-state index in [9.17, 15) is 9.59 Å². The van der Waals surface area contributed by atoms with E-state index in [-0.39, 0.29) is 0 Å². The van der Waals surface area contributed by atoms with Gasteiger partial charge in [0.2, 0.25) is 0 Å². The van der Waals surface area contributed by atoms with E-state index in [4.69, 9.17) is 0 Å². The predicted molar refractivity (Wildman–Crippen MR) is 97.0 cm³/mol. The molecule has 1 heterocycles. The van der Waals surface area contributed by atoms with Gasteiger partial charge in [-0.3, -0.25) is 14.5 Å². The second-order valence-corrected chi connectivity index (χ2v) is 6.39. The van der Waals surface area contributed by atoms with Gasteiger partial charge >= 0.3 is 11.8 Å². The van der Waals surface area contributed by atoms with Crippen molar-refractivity contribution in [2.75, 3.05) is 25.0 Å². The van der Waals surface area contributed by atoms with Crippen LogP contribution in [-0.2, 0) is 16.0 Å². The van der Waals surface area contributed by atoms with Crippen molar-refractivity contribution in [3.8, 4) is 0 Å². The number of rotatable bonds is 7. The predicted octanol–water partition coefficient (Wildman–Crippen LogP) is 2.57. The zero-order valence-corrected chi connectivity index (χ0v) is 14.8. The molecule has 1 aliphatic heterocycles. The lowest BCUT2D eigenvalue weighted by molar-refractivity contribution is -0.136. The molecule has 2 N–H and O–H groups in total. The standard InChI is InChI=1S/C19H29N3O2/c1-3-5-7-15-9-11-16(12-10-15)21-19(24)18(23)20-14-17-8-6-13-22(17)4-2/h9-12,17H,3-8,13-14H2,1-2H3,(H,20,23)(H,21,24)/t17-/m1/s1. The highest BCUT2D eigenvalue weighted by molar-refractivity contribution is 6.39. The molecular weight excluding hydrogens is 302 g/mol.